The zero-order valence-electron chi connectivity index (χ0n) is 9.95. The average Bonchev–Trinajstić information content (AvgIpc) is 2.40. The van der Waals surface area contributed by atoms with E-state index < -0.39 is 0 Å². The van der Waals surface area contributed by atoms with Gasteiger partial charge in [0, 0.05) is 6.54 Å². The van der Waals surface area contributed by atoms with E-state index in [2.05, 4.69) is 16.4 Å². The summed E-state index contributed by atoms with van der Waals surface area (Å²) in [5.74, 6) is 0.792. The lowest BCUT2D eigenvalue weighted by Crippen LogP contribution is -2.06. The van der Waals surface area contributed by atoms with Gasteiger partial charge in [-0.1, -0.05) is 17.7 Å². The molecule has 1 aromatic rings. The average molecular weight is 227 g/mol. The maximum atomic E-state index is 8.74. The van der Waals surface area contributed by atoms with Crippen molar-refractivity contribution in [2.45, 2.75) is 32.1 Å². The summed E-state index contributed by atoms with van der Waals surface area (Å²) in [5.41, 5.74) is 2.02. The van der Waals surface area contributed by atoms with E-state index in [9.17, 15) is 0 Å². The fourth-order valence-corrected chi connectivity index (χ4v) is 2.08. The van der Waals surface area contributed by atoms with Gasteiger partial charge >= 0.3 is 0 Å². The van der Waals surface area contributed by atoms with Crippen molar-refractivity contribution in [1.29, 1.82) is 5.26 Å². The van der Waals surface area contributed by atoms with Gasteiger partial charge in [0.2, 0.25) is 0 Å². The van der Waals surface area contributed by atoms with E-state index in [-0.39, 0.29) is 0 Å². The zero-order valence-corrected chi connectivity index (χ0v) is 9.95. The summed E-state index contributed by atoms with van der Waals surface area (Å²) >= 11 is 0. The Bertz CT molecular complexity index is 443. The summed E-state index contributed by atoms with van der Waals surface area (Å²) < 4.78 is 0. The molecule has 88 valence electrons. The van der Waals surface area contributed by atoms with Gasteiger partial charge in [-0.2, -0.15) is 5.26 Å². The molecule has 3 heteroatoms. The van der Waals surface area contributed by atoms with Crippen molar-refractivity contribution >= 4 is 5.82 Å². The minimum absolute atomic E-state index is 0.465. The molecule has 1 aromatic heterocycles. The first-order valence-electron chi connectivity index (χ1n) is 6.17. The van der Waals surface area contributed by atoms with Gasteiger partial charge in [-0.3, -0.25) is 0 Å². The third-order valence-electron chi connectivity index (χ3n) is 3.00. The van der Waals surface area contributed by atoms with Crippen LogP contribution in [0.5, 0.6) is 0 Å². The summed E-state index contributed by atoms with van der Waals surface area (Å²) in [6, 6.07) is 7.52. The molecule has 0 saturated heterocycles. The number of pyridine rings is 1. The summed E-state index contributed by atoms with van der Waals surface area (Å²) in [6.45, 7) is 0.897. The smallest absolute Gasteiger partial charge is 0.142 e. The molecular weight excluding hydrogens is 210 g/mol. The van der Waals surface area contributed by atoms with Crippen LogP contribution in [0.15, 0.2) is 29.8 Å². The van der Waals surface area contributed by atoms with Crippen LogP contribution in [0.4, 0.5) is 5.82 Å². The van der Waals surface area contributed by atoms with Gasteiger partial charge in [0.15, 0.2) is 0 Å². The van der Waals surface area contributed by atoms with Crippen LogP contribution in [0.25, 0.3) is 0 Å². The molecule has 0 bridgehead atoms. The molecule has 0 amide bonds. The van der Waals surface area contributed by atoms with Crippen LogP contribution in [0, 0.1) is 11.3 Å². The first kappa shape index (κ1) is 11.7. The summed E-state index contributed by atoms with van der Waals surface area (Å²) in [6.07, 6.45) is 8.59. The van der Waals surface area contributed by atoms with Crippen LogP contribution in [-0.2, 0) is 0 Å². The Morgan fingerprint density at radius 3 is 3.06 bits per heavy atom. The zero-order chi connectivity index (χ0) is 11.9. The van der Waals surface area contributed by atoms with E-state index in [0.29, 0.717) is 5.69 Å². The van der Waals surface area contributed by atoms with Gasteiger partial charge in [0.1, 0.15) is 17.6 Å². The molecule has 0 unspecified atom stereocenters. The second kappa shape index (κ2) is 6.05. The van der Waals surface area contributed by atoms with Crippen LogP contribution >= 0.6 is 0 Å². The van der Waals surface area contributed by atoms with Gasteiger partial charge in [-0.05, 0) is 44.2 Å². The molecule has 1 aliphatic carbocycles. The van der Waals surface area contributed by atoms with E-state index in [1.165, 1.54) is 25.7 Å². The fraction of sp³-hybridized carbons (Fsp3) is 0.429. The van der Waals surface area contributed by atoms with Crippen molar-refractivity contribution in [3.05, 3.63) is 35.5 Å². The second-order valence-corrected chi connectivity index (χ2v) is 4.30. The standard InChI is InChI=1S/C14H17N3/c15-11-13-7-4-8-14(17-13)16-10-9-12-5-2-1-3-6-12/h4-5,7-8H,1-3,6,9-10H2,(H,16,17). The quantitative estimate of drug-likeness (QED) is 0.803. The predicted molar refractivity (Wildman–Crippen MR) is 68.6 cm³/mol. The number of nitrogens with one attached hydrogen (secondary N) is 1. The largest absolute Gasteiger partial charge is 0.370 e. The molecule has 2 rings (SSSR count). The maximum absolute atomic E-state index is 8.74. The van der Waals surface area contributed by atoms with Crippen molar-refractivity contribution in [3.8, 4) is 6.07 Å². The van der Waals surface area contributed by atoms with Crippen molar-refractivity contribution in [3.63, 3.8) is 0 Å². The highest BCUT2D eigenvalue weighted by Crippen LogP contribution is 2.19. The molecule has 0 spiro atoms. The Morgan fingerprint density at radius 1 is 1.35 bits per heavy atom. The number of hydrogen-bond donors (Lipinski definition) is 1. The van der Waals surface area contributed by atoms with Gasteiger partial charge in [0.25, 0.3) is 0 Å². The number of nitriles is 1. The molecule has 0 atom stereocenters. The van der Waals surface area contributed by atoms with Crippen molar-refractivity contribution < 1.29 is 0 Å². The van der Waals surface area contributed by atoms with Crippen molar-refractivity contribution in [2.24, 2.45) is 0 Å². The minimum atomic E-state index is 0.465. The molecule has 3 nitrogen and oxygen atoms in total. The summed E-state index contributed by atoms with van der Waals surface area (Å²) in [5, 5.41) is 12.0. The molecular formula is C14H17N3. The number of nitrogens with zero attached hydrogens (tertiary/aromatic N) is 2. The Hall–Kier alpha value is -1.82. The van der Waals surface area contributed by atoms with Gasteiger partial charge < -0.3 is 5.32 Å². The minimum Gasteiger partial charge on any atom is -0.370 e. The molecule has 0 saturated carbocycles. The number of allylic oxidation sites excluding steroid dienone is 1. The molecule has 0 aromatic carbocycles. The lowest BCUT2D eigenvalue weighted by molar-refractivity contribution is 0.679. The molecule has 0 aliphatic heterocycles. The maximum Gasteiger partial charge on any atom is 0.142 e. The Balaban J connectivity index is 1.81. The molecule has 1 N–H and O–H groups in total. The van der Waals surface area contributed by atoms with E-state index in [4.69, 9.17) is 5.26 Å². The van der Waals surface area contributed by atoms with Crippen LogP contribution in [0.1, 0.15) is 37.8 Å². The van der Waals surface area contributed by atoms with Crippen molar-refractivity contribution in [2.75, 3.05) is 11.9 Å². The molecule has 1 heterocycles. The molecule has 0 radical (unpaired) electrons. The van der Waals surface area contributed by atoms with Gasteiger partial charge in [-0.25, -0.2) is 4.98 Å². The highest BCUT2D eigenvalue weighted by Gasteiger charge is 2.03. The Kier molecular flexibility index (Phi) is 4.15. The molecule has 1 aliphatic rings. The lowest BCUT2D eigenvalue weighted by atomic mass is 9.97. The number of hydrogen-bond acceptors (Lipinski definition) is 3. The predicted octanol–water partition coefficient (Wildman–Crippen LogP) is 3.26. The highest BCUT2D eigenvalue weighted by atomic mass is 15.0. The first-order chi connectivity index (χ1) is 8.38. The van der Waals surface area contributed by atoms with E-state index in [1.807, 2.05) is 18.2 Å². The second-order valence-electron chi connectivity index (χ2n) is 4.30. The normalized spacial score (nSPS) is 14.9. The van der Waals surface area contributed by atoms with Crippen LogP contribution in [0.2, 0.25) is 0 Å². The summed E-state index contributed by atoms with van der Waals surface area (Å²) in [7, 11) is 0. The highest BCUT2D eigenvalue weighted by molar-refractivity contribution is 5.38. The van der Waals surface area contributed by atoms with Crippen LogP contribution < -0.4 is 5.32 Å². The number of aromatic nitrogens is 1. The van der Waals surface area contributed by atoms with Crippen LogP contribution in [0.3, 0.4) is 0 Å². The molecule has 0 fully saturated rings. The number of anilines is 1. The Morgan fingerprint density at radius 2 is 2.29 bits per heavy atom. The summed E-state index contributed by atoms with van der Waals surface area (Å²) in [4.78, 5) is 4.18. The monoisotopic (exact) mass is 227 g/mol. The fourth-order valence-electron chi connectivity index (χ4n) is 2.08. The first-order valence-corrected chi connectivity index (χ1v) is 6.17. The van der Waals surface area contributed by atoms with E-state index in [0.717, 1.165) is 18.8 Å². The lowest BCUT2D eigenvalue weighted by Gasteiger charge is -2.13. The van der Waals surface area contributed by atoms with E-state index >= 15 is 0 Å². The Labute approximate surface area is 102 Å². The van der Waals surface area contributed by atoms with Crippen molar-refractivity contribution in [1.82, 2.24) is 4.98 Å². The molecule has 17 heavy (non-hydrogen) atoms. The van der Waals surface area contributed by atoms with Crippen LogP contribution in [-0.4, -0.2) is 11.5 Å². The number of rotatable bonds is 4. The third-order valence-corrected chi connectivity index (χ3v) is 3.00. The van der Waals surface area contributed by atoms with Gasteiger partial charge in [-0.15, -0.1) is 0 Å². The SMILES string of the molecule is N#Cc1cccc(NCCC2=CCCCC2)n1. The van der Waals surface area contributed by atoms with E-state index in [1.54, 1.807) is 11.6 Å². The topological polar surface area (TPSA) is 48.7 Å². The third kappa shape index (κ3) is 3.60. The van der Waals surface area contributed by atoms with Gasteiger partial charge in [0.05, 0.1) is 0 Å².